The average molecular weight is 216 g/mol. The zero-order chi connectivity index (χ0) is 11.4. The van der Waals surface area contributed by atoms with Gasteiger partial charge in [-0.3, -0.25) is 0 Å². The molecule has 0 aliphatic heterocycles. The number of hydrogen-bond acceptors (Lipinski definition) is 1. The Morgan fingerprint density at radius 3 is 2.31 bits per heavy atom. The molecule has 0 N–H and O–H groups in total. The van der Waals surface area contributed by atoms with Crippen molar-refractivity contribution in [1.29, 1.82) is 0 Å². The van der Waals surface area contributed by atoms with Crippen molar-refractivity contribution >= 4 is 0 Å². The molecule has 0 unspecified atom stereocenters. The van der Waals surface area contributed by atoms with Crippen molar-refractivity contribution in [3.8, 4) is 0 Å². The molecular weight excluding hydrogens is 196 g/mol. The Kier molecular flexibility index (Phi) is 3.66. The van der Waals surface area contributed by atoms with Crippen molar-refractivity contribution in [2.45, 2.75) is 38.5 Å². The molecule has 86 valence electrons. The molecule has 2 rings (SSSR count). The Bertz CT molecular complexity index is 352. The fraction of sp³-hybridized carbons (Fsp3) is 0.467. The average Bonchev–Trinajstić information content (AvgIpc) is 2.32. The number of rotatable bonds is 2. The summed E-state index contributed by atoms with van der Waals surface area (Å²) in [5.74, 6) is 0.745. The Morgan fingerprint density at radius 2 is 1.75 bits per heavy atom. The smallest absolute Gasteiger partial charge is 0.0816 e. The van der Waals surface area contributed by atoms with Crippen LogP contribution in [0.4, 0.5) is 0 Å². The lowest BCUT2D eigenvalue weighted by Gasteiger charge is -2.24. The summed E-state index contributed by atoms with van der Waals surface area (Å²) >= 11 is 0. The summed E-state index contributed by atoms with van der Waals surface area (Å²) in [7, 11) is 1.74. The first kappa shape index (κ1) is 11.3. The third-order valence-corrected chi connectivity index (χ3v) is 3.46. The van der Waals surface area contributed by atoms with Crippen LogP contribution in [0.2, 0.25) is 0 Å². The highest BCUT2D eigenvalue weighted by atomic mass is 16.5. The van der Waals surface area contributed by atoms with Gasteiger partial charge in [0.15, 0.2) is 0 Å². The normalized spacial score (nSPS) is 20.6. The predicted octanol–water partition coefficient (Wildman–Crippen LogP) is 4.18. The molecular formula is C15H20O. The zero-order valence-corrected chi connectivity index (χ0v) is 10.2. The maximum Gasteiger partial charge on any atom is 0.0816 e. The minimum atomic E-state index is 0.745. The molecule has 0 radical (unpaired) electrons. The van der Waals surface area contributed by atoms with E-state index in [0.29, 0.717) is 0 Å². The molecule has 16 heavy (non-hydrogen) atoms. The summed E-state index contributed by atoms with van der Waals surface area (Å²) in [5.41, 5.74) is 4.31. The fourth-order valence-corrected chi connectivity index (χ4v) is 2.45. The molecule has 0 amide bonds. The molecule has 0 spiro atoms. The van der Waals surface area contributed by atoms with Gasteiger partial charge in [-0.05, 0) is 49.7 Å². The molecule has 1 aliphatic carbocycles. The van der Waals surface area contributed by atoms with Crippen LogP contribution in [0.5, 0.6) is 0 Å². The summed E-state index contributed by atoms with van der Waals surface area (Å²) in [6.07, 6.45) is 6.82. The van der Waals surface area contributed by atoms with E-state index < -0.39 is 0 Å². The fourth-order valence-electron chi connectivity index (χ4n) is 2.45. The predicted molar refractivity (Wildman–Crippen MR) is 67.5 cm³/mol. The van der Waals surface area contributed by atoms with Gasteiger partial charge in [-0.25, -0.2) is 0 Å². The highest BCUT2D eigenvalue weighted by molar-refractivity contribution is 5.25. The second-order valence-corrected chi connectivity index (χ2v) is 4.70. The van der Waals surface area contributed by atoms with Crippen LogP contribution < -0.4 is 0 Å². The minimum absolute atomic E-state index is 0.745. The van der Waals surface area contributed by atoms with Crippen molar-refractivity contribution < 1.29 is 4.74 Å². The van der Waals surface area contributed by atoms with E-state index in [2.05, 4.69) is 31.2 Å². The second-order valence-electron chi connectivity index (χ2n) is 4.70. The molecule has 1 aliphatic rings. The SMILES string of the molecule is COC=C1CCC(c2ccc(C)cc2)CC1. The van der Waals surface area contributed by atoms with Crippen molar-refractivity contribution in [2.24, 2.45) is 0 Å². The van der Waals surface area contributed by atoms with Gasteiger partial charge in [0.1, 0.15) is 0 Å². The van der Waals surface area contributed by atoms with Crippen LogP contribution in [-0.2, 0) is 4.74 Å². The maximum atomic E-state index is 5.08. The summed E-state index contributed by atoms with van der Waals surface area (Å²) < 4.78 is 5.08. The van der Waals surface area contributed by atoms with Crippen LogP contribution in [-0.4, -0.2) is 7.11 Å². The number of ether oxygens (including phenoxy) is 1. The molecule has 1 fully saturated rings. The largest absolute Gasteiger partial charge is 0.504 e. The molecule has 1 aromatic rings. The highest BCUT2D eigenvalue weighted by Crippen LogP contribution is 2.35. The van der Waals surface area contributed by atoms with Gasteiger partial charge in [0, 0.05) is 0 Å². The van der Waals surface area contributed by atoms with E-state index >= 15 is 0 Å². The first-order chi connectivity index (χ1) is 7.79. The van der Waals surface area contributed by atoms with Crippen LogP contribution in [0.15, 0.2) is 36.1 Å². The molecule has 0 saturated heterocycles. The van der Waals surface area contributed by atoms with Gasteiger partial charge < -0.3 is 4.74 Å². The Balaban J connectivity index is 1.99. The van der Waals surface area contributed by atoms with Crippen LogP contribution in [0.1, 0.15) is 42.7 Å². The molecule has 0 heterocycles. The monoisotopic (exact) mass is 216 g/mol. The number of hydrogen-bond donors (Lipinski definition) is 0. The zero-order valence-electron chi connectivity index (χ0n) is 10.2. The van der Waals surface area contributed by atoms with Gasteiger partial charge in [-0.1, -0.05) is 29.8 Å². The second kappa shape index (κ2) is 5.20. The third kappa shape index (κ3) is 2.66. The standard InChI is InChI=1S/C15H20O/c1-12-3-7-14(8-4-12)15-9-5-13(6-10-15)11-16-2/h3-4,7-8,11,15H,5-6,9-10H2,1-2H3. The van der Waals surface area contributed by atoms with Crippen LogP contribution >= 0.6 is 0 Å². The van der Waals surface area contributed by atoms with Gasteiger partial charge in [0.25, 0.3) is 0 Å². The molecule has 1 aromatic carbocycles. The van der Waals surface area contributed by atoms with Crippen molar-refractivity contribution in [3.63, 3.8) is 0 Å². The van der Waals surface area contributed by atoms with E-state index in [1.54, 1.807) is 7.11 Å². The van der Waals surface area contributed by atoms with Gasteiger partial charge in [-0.2, -0.15) is 0 Å². The first-order valence-electron chi connectivity index (χ1n) is 6.07. The summed E-state index contributed by atoms with van der Waals surface area (Å²) in [6.45, 7) is 2.14. The van der Waals surface area contributed by atoms with E-state index in [0.717, 1.165) is 5.92 Å². The lowest BCUT2D eigenvalue weighted by Crippen LogP contribution is -2.06. The Morgan fingerprint density at radius 1 is 1.12 bits per heavy atom. The summed E-state index contributed by atoms with van der Waals surface area (Å²) in [4.78, 5) is 0. The lowest BCUT2D eigenvalue weighted by molar-refractivity contribution is 0.326. The van der Waals surface area contributed by atoms with Crippen LogP contribution in [0.25, 0.3) is 0 Å². The van der Waals surface area contributed by atoms with E-state index in [-0.39, 0.29) is 0 Å². The molecule has 1 saturated carbocycles. The molecule has 1 heteroatoms. The maximum absolute atomic E-state index is 5.08. The summed E-state index contributed by atoms with van der Waals surface area (Å²) in [5, 5.41) is 0. The van der Waals surface area contributed by atoms with E-state index in [1.165, 1.54) is 42.4 Å². The Hall–Kier alpha value is -1.24. The lowest BCUT2D eigenvalue weighted by atomic mass is 9.82. The summed E-state index contributed by atoms with van der Waals surface area (Å²) in [6, 6.07) is 9.00. The van der Waals surface area contributed by atoms with E-state index in [1.807, 2.05) is 6.26 Å². The van der Waals surface area contributed by atoms with Crippen LogP contribution in [0, 0.1) is 6.92 Å². The number of aryl methyl sites for hydroxylation is 1. The van der Waals surface area contributed by atoms with Gasteiger partial charge >= 0.3 is 0 Å². The minimum Gasteiger partial charge on any atom is -0.504 e. The quantitative estimate of drug-likeness (QED) is 0.674. The van der Waals surface area contributed by atoms with Gasteiger partial charge in [0.2, 0.25) is 0 Å². The molecule has 0 aromatic heterocycles. The highest BCUT2D eigenvalue weighted by Gasteiger charge is 2.18. The number of allylic oxidation sites excluding steroid dienone is 1. The van der Waals surface area contributed by atoms with E-state index in [9.17, 15) is 0 Å². The molecule has 1 nitrogen and oxygen atoms in total. The van der Waals surface area contributed by atoms with Crippen molar-refractivity contribution in [2.75, 3.05) is 7.11 Å². The van der Waals surface area contributed by atoms with Crippen LogP contribution in [0.3, 0.4) is 0 Å². The third-order valence-electron chi connectivity index (χ3n) is 3.46. The number of methoxy groups -OCH3 is 1. The van der Waals surface area contributed by atoms with E-state index in [4.69, 9.17) is 4.74 Å². The molecule has 0 atom stereocenters. The van der Waals surface area contributed by atoms with Crippen molar-refractivity contribution in [1.82, 2.24) is 0 Å². The van der Waals surface area contributed by atoms with Gasteiger partial charge in [-0.15, -0.1) is 0 Å². The Labute approximate surface area is 98.1 Å². The first-order valence-corrected chi connectivity index (χ1v) is 6.07. The molecule has 0 bridgehead atoms. The topological polar surface area (TPSA) is 9.23 Å². The number of benzene rings is 1. The van der Waals surface area contributed by atoms with Gasteiger partial charge in [0.05, 0.1) is 13.4 Å². The van der Waals surface area contributed by atoms with Crippen molar-refractivity contribution in [3.05, 3.63) is 47.2 Å².